The zero-order valence-electron chi connectivity index (χ0n) is 8.95. The van der Waals surface area contributed by atoms with Crippen LogP contribution < -0.4 is 0 Å². The van der Waals surface area contributed by atoms with Gasteiger partial charge < -0.3 is 5.11 Å². The number of carboxylic acids is 1. The number of hydrogen-bond donors (Lipinski definition) is 1. The van der Waals surface area contributed by atoms with Gasteiger partial charge in [0.25, 0.3) is 0 Å². The Morgan fingerprint density at radius 3 is 2.50 bits per heavy atom. The summed E-state index contributed by atoms with van der Waals surface area (Å²) >= 11 is 3.09. The van der Waals surface area contributed by atoms with E-state index in [0.717, 1.165) is 18.2 Å². The number of aromatic carboxylic acids is 1. The van der Waals surface area contributed by atoms with E-state index in [1.165, 1.54) is 18.2 Å². The first-order valence-corrected chi connectivity index (χ1v) is 5.76. The van der Waals surface area contributed by atoms with Crippen molar-refractivity contribution in [1.29, 1.82) is 0 Å². The summed E-state index contributed by atoms with van der Waals surface area (Å²) in [6, 6.07) is 7.36. The van der Waals surface area contributed by atoms with Gasteiger partial charge in [-0.05, 0) is 51.8 Å². The van der Waals surface area contributed by atoms with Crippen LogP contribution in [-0.2, 0) is 0 Å². The molecule has 0 saturated carbocycles. The molecular formula is C13H7BrF2O2. The summed E-state index contributed by atoms with van der Waals surface area (Å²) < 4.78 is 27.0. The van der Waals surface area contributed by atoms with E-state index in [9.17, 15) is 13.6 Å². The summed E-state index contributed by atoms with van der Waals surface area (Å²) in [7, 11) is 0. The standard InChI is InChI=1S/C13H7BrF2O2/c14-11-3-1-7(5-10(11)13(17)18)9-6-8(15)2-4-12(9)16/h1-6H,(H,17,18). The zero-order chi connectivity index (χ0) is 13.3. The minimum absolute atomic E-state index is 0.00355. The molecule has 2 nitrogen and oxygen atoms in total. The molecular weight excluding hydrogens is 306 g/mol. The van der Waals surface area contributed by atoms with Gasteiger partial charge in [0.15, 0.2) is 0 Å². The zero-order valence-corrected chi connectivity index (χ0v) is 10.5. The second-order valence-electron chi connectivity index (χ2n) is 3.62. The quantitative estimate of drug-likeness (QED) is 0.906. The highest BCUT2D eigenvalue weighted by molar-refractivity contribution is 9.10. The SMILES string of the molecule is O=C(O)c1cc(-c2cc(F)ccc2F)ccc1Br. The number of hydrogen-bond acceptors (Lipinski definition) is 1. The van der Waals surface area contributed by atoms with Crippen molar-refractivity contribution in [3.8, 4) is 11.1 Å². The highest BCUT2D eigenvalue weighted by Crippen LogP contribution is 2.28. The van der Waals surface area contributed by atoms with Crippen molar-refractivity contribution in [3.05, 3.63) is 58.1 Å². The number of carbonyl (C=O) groups is 1. The molecule has 0 heterocycles. The van der Waals surface area contributed by atoms with Gasteiger partial charge in [-0.3, -0.25) is 0 Å². The fourth-order valence-electron chi connectivity index (χ4n) is 1.58. The first-order valence-electron chi connectivity index (χ1n) is 4.97. The van der Waals surface area contributed by atoms with Gasteiger partial charge in [-0.1, -0.05) is 6.07 Å². The van der Waals surface area contributed by atoms with Gasteiger partial charge in [-0.25, -0.2) is 13.6 Å². The third kappa shape index (κ3) is 2.41. The molecule has 0 saturated heterocycles. The van der Waals surface area contributed by atoms with Crippen LogP contribution in [0.15, 0.2) is 40.9 Å². The van der Waals surface area contributed by atoms with E-state index in [1.807, 2.05) is 0 Å². The lowest BCUT2D eigenvalue weighted by Crippen LogP contribution is -1.98. The summed E-state index contributed by atoms with van der Waals surface area (Å²) in [5.74, 6) is -2.32. The predicted octanol–water partition coefficient (Wildman–Crippen LogP) is 4.09. The lowest BCUT2D eigenvalue weighted by Gasteiger charge is -2.06. The Balaban J connectivity index is 2.61. The molecule has 0 aliphatic rings. The maximum absolute atomic E-state index is 13.6. The van der Waals surface area contributed by atoms with Crippen molar-refractivity contribution in [2.24, 2.45) is 0 Å². The smallest absolute Gasteiger partial charge is 0.336 e. The van der Waals surface area contributed by atoms with E-state index >= 15 is 0 Å². The summed E-state index contributed by atoms with van der Waals surface area (Å²) in [5, 5.41) is 8.96. The van der Waals surface area contributed by atoms with E-state index in [-0.39, 0.29) is 11.1 Å². The molecule has 0 aliphatic heterocycles. The molecule has 1 N–H and O–H groups in total. The summed E-state index contributed by atoms with van der Waals surface area (Å²) in [5.41, 5.74) is 0.341. The van der Waals surface area contributed by atoms with Crippen molar-refractivity contribution in [3.63, 3.8) is 0 Å². The normalized spacial score (nSPS) is 10.4. The minimum Gasteiger partial charge on any atom is -0.478 e. The molecule has 0 spiro atoms. The molecule has 2 aromatic carbocycles. The molecule has 5 heteroatoms. The Hall–Kier alpha value is -1.75. The third-order valence-corrected chi connectivity index (χ3v) is 3.13. The van der Waals surface area contributed by atoms with Crippen molar-refractivity contribution < 1.29 is 18.7 Å². The monoisotopic (exact) mass is 312 g/mol. The Morgan fingerprint density at radius 2 is 1.83 bits per heavy atom. The minimum atomic E-state index is -1.14. The van der Waals surface area contributed by atoms with E-state index in [0.29, 0.717) is 10.0 Å². The third-order valence-electron chi connectivity index (χ3n) is 2.44. The van der Waals surface area contributed by atoms with E-state index in [4.69, 9.17) is 5.11 Å². The average Bonchev–Trinajstić information content (AvgIpc) is 2.33. The molecule has 0 atom stereocenters. The topological polar surface area (TPSA) is 37.3 Å². The van der Waals surface area contributed by atoms with Crippen molar-refractivity contribution in [1.82, 2.24) is 0 Å². The summed E-state index contributed by atoms with van der Waals surface area (Å²) in [6.07, 6.45) is 0. The molecule has 2 aromatic rings. The molecule has 18 heavy (non-hydrogen) atoms. The number of carboxylic acid groups (broad SMARTS) is 1. The van der Waals surface area contributed by atoms with Gasteiger partial charge in [0.2, 0.25) is 0 Å². The Labute approximate surface area is 110 Å². The van der Waals surface area contributed by atoms with E-state index < -0.39 is 17.6 Å². The molecule has 0 aliphatic carbocycles. The fourth-order valence-corrected chi connectivity index (χ4v) is 1.99. The lowest BCUT2D eigenvalue weighted by atomic mass is 10.0. The highest BCUT2D eigenvalue weighted by Gasteiger charge is 2.12. The first-order chi connectivity index (χ1) is 8.49. The molecule has 0 bridgehead atoms. The maximum atomic E-state index is 13.6. The van der Waals surface area contributed by atoms with Crippen LogP contribution in [0.25, 0.3) is 11.1 Å². The average molecular weight is 313 g/mol. The number of rotatable bonds is 2. The number of benzene rings is 2. The molecule has 2 rings (SSSR count). The van der Waals surface area contributed by atoms with Crippen LogP contribution in [0.2, 0.25) is 0 Å². The Kier molecular flexibility index (Phi) is 3.43. The molecule has 0 amide bonds. The van der Waals surface area contributed by atoms with Crippen LogP contribution in [0, 0.1) is 11.6 Å². The summed E-state index contributed by atoms with van der Waals surface area (Å²) in [4.78, 5) is 11.0. The lowest BCUT2D eigenvalue weighted by molar-refractivity contribution is 0.0696. The first kappa shape index (κ1) is 12.7. The highest BCUT2D eigenvalue weighted by atomic mass is 79.9. The fraction of sp³-hybridized carbons (Fsp3) is 0. The van der Waals surface area contributed by atoms with Crippen molar-refractivity contribution in [2.45, 2.75) is 0 Å². The van der Waals surface area contributed by atoms with Crippen LogP contribution in [-0.4, -0.2) is 11.1 Å². The second-order valence-corrected chi connectivity index (χ2v) is 4.48. The van der Waals surface area contributed by atoms with Gasteiger partial charge in [0, 0.05) is 10.0 Å². The Bertz CT molecular complexity index is 626. The molecule has 0 fully saturated rings. The van der Waals surface area contributed by atoms with E-state index in [1.54, 1.807) is 0 Å². The molecule has 92 valence electrons. The van der Waals surface area contributed by atoms with Crippen LogP contribution in [0.4, 0.5) is 8.78 Å². The van der Waals surface area contributed by atoms with Gasteiger partial charge >= 0.3 is 5.97 Å². The maximum Gasteiger partial charge on any atom is 0.336 e. The Morgan fingerprint density at radius 1 is 1.11 bits per heavy atom. The predicted molar refractivity (Wildman–Crippen MR) is 66.5 cm³/mol. The van der Waals surface area contributed by atoms with Crippen LogP contribution in [0.1, 0.15) is 10.4 Å². The van der Waals surface area contributed by atoms with Crippen LogP contribution >= 0.6 is 15.9 Å². The molecule has 0 radical (unpaired) electrons. The van der Waals surface area contributed by atoms with Crippen LogP contribution in [0.5, 0.6) is 0 Å². The second kappa shape index (κ2) is 4.86. The van der Waals surface area contributed by atoms with Crippen molar-refractivity contribution in [2.75, 3.05) is 0 Å². The molecule has 0 unspecified atom stereocenters. The number of halogens is 3. The van der Waals surface area contributed by atoms with Gasteiger partial charge in [0.05, 0.1) is 5.56 Å². The largest absolute Gasteiger partial charge is 0.478 e. The van der Waals surface area contributed by atoms with E-state index in [2.05, 4.69) is 15.9 Å². The molecule has 0 aromatic heterocycles. The van der Waals surface area contributed by atoms with Gasteiger partial charge in [-0.2, -0.15) is 0 Å². The van der Waals surface area contributed by atoms with Crippen LogP contribution in [0.3, 0.4) is 0 Å². The van der Waals surface area contributed by atoms with Gasteiger partial charge in [0.1, 0.15) is 11.6 Å². The summed E-state index contributed by atoms with van der Waals surface area (Å²) in [6.45, 7) is 0. The van der Waals surface area contributed by atoms with Crippen molar-refractivity contribution >= 4 is 21.9 Å². The van der Waals surface area contributed by atoms with Gasteiger partial charge in [-0.15, -0.1) is 0 Å².